The molecule has 0 saturated heterocycles. The highest BCUT2D eigenvalue weighted by atomic mass is 19.1. The van der Waals surface area contributed by atoms with Gasteiger partial charge in [0, 0.05) is 28.7 Å². The quantitative estimate of drug-likeness (QED) is 0.652. The highest BCUT2D eigenvalue weighted by molar-refractivity contribution is 5.88. The van der Waals surface area contributed by atoms with E-state index >= 15 is 0 Å². The molecule has 0 bridgehead atoms. The first-order valence-electron chi connectivity index (χ1n) is 8.39. The van der Waals surface area contributed by atoms with E-state index in [4.69, 9.17) is 4.74 Å². The lowest BCUT2D eigenvalue weighted by Crippen LogP contribution is -2.31. The molecule has 0 fully saturated rings. The number of hydrogen-bond donors (Lipinski definition) is 2. The molecule has 7 heteroatoms. The van der Waals surface area contributed by atoms with E-state index in [0.29, 0.717) is 0 Å². The number of H-pyrrole nitrogens is 1. The number of halogens is 2. The number of ether oxygens (including phenoxy) is 1. The first kappa shape index (κ1) is 18.6. The summed E-state index contributed by atoms with van der Waals surface area (Å²) in [4.78, 5) is 27.0. The first-order chi connectivity index (χ1) is 12.9. The number of aromatic nitrogens is 1. The van der Waals surface area contributed by atoms with Crippen molar-refractivity contribution in [1.29, 1.82) is 0 Å². The number of benzene rings is 2. The van der Waals surface area contributed by atoms with Crippen LogP contribution >= 0.6 is 0 Å². The van der Waals surface area contributed by atoms with Crippen molar-refractivity contribution >= 4 is 22.8 Å². The van der Waals surface area contributed by atoms with E-state index in [-0.39, 0.29) is 12.0 Å². The Morgan fingerprint density at radius 1 is 1.19 bits per heavy atom. The molecule has 0 aliphatic carbocycles. The molecule has 2 N–H and O–H groups in total. The van der Waals surface area contributed by atoms with Crippen LogP contribution in [0, 0.1) is 11.6 Å². The fourth-order valence-electron chi connectivity index (χ4n) is 2.84. The number of esters is 1. The molecule has 1 heterocycles. The minimum atomic E-state index is -0.751. The van der Waals surface area contributed by atoms with Gasteiger partial charge in [0.25, 0.3) is 5.91 Å². The number of fused-ring (bicyclic) bond motifs is 1. The predicted octanol–water partition coefficient (Wildman–Crippen LogP) is 3.41. The molecular formula is C20H18F2N2O3. The molecule has 0 radical (unpaired) electrons. The number of amides is 1. The van der Waals surface area contributed by atoms with Gasteiger partial charge in [-0.3, -0.25) is 9.59 Å². The number of rotatable bonds is 6. The van der Waals surface area contributed by atoms with Crippen LogP contribution in [0.1, 0.15) is 24.1 Å². The third kappa shape index (κ3) is 4.49. The molecule has 0 spiro atoms. The molecular weight excluding hydrogens is 354 g/mol. The number of nitrogens with one attached hydrogen (secondary N) is 2. The van der Waals surface area contributed by atoms with Gasteiger partial charge in [-0.15, -0.1) is 0 Å². The van der Waals surface area contributed by atoms with Crippen molar-refractivity contribution in [2.75, 3.05) is 6.61 Å². The molecule has 0 unspecified atom stereocenters. The van der Waals surface area contributed by atoms with Crippen LogP contribution < -0.4 is 5.32 Å². The Labute approximate surface area is 154 Å². The normalized spacial score (nSPS) is 12.0. The van der Waals surface area contributed by atoms with E-state index in [0.717, 1.165) is 28.6 Å². The zero-order chi connectivity index (χ0) is 19.4. The molecule has 0 saturated carbocycles. The molecule has 0 aliphatic heterocycles. The number of hydrogen-bond acceptors (Lipinski definition) is 3. The van der Waals surface area contributed by atoms with Crippen molar-refractivity contribution in [2.45, 2.75) is 19.4 Å². The Balaban J connectivity index is 1.52. The van der Waals surface area contributed by atoms with Crippen molar-refractivity contribution in [3.63, 3.8) is 0 Å². The van der Waals surface area contributed by atoms with Gasteiger partial charge in [0.15, 0.2) is 6.61 Å². The maximum absolute atomic E-state index is 13.7. The highest BCUT2D eigenvalue weighted by Gasteiger charge is 2.16. The van der Waals surface area contributed by atoms with E-state index in [1.54, 1.807) is 13.1 Å². The largest absolute Gasteiger partial charge is 0.455 e. The van der Waals surface area contributed by atoms with Crippen LogP contribution in [-0.4, -0.2) is 23.5 Å². The SMILES string of the molecule is C[C@@H](NC(=O)COC(=O)Cc1c[nH]c2ccccc12)c1ccc(F)cc1F. The van der Waals surface area contributed by atoms with E-state index in [1.807, 2.05) is 24.3 Å². The van der Waals surface area contributed by atoms with Crippen LogP contribution in [-0.2, 0) is 20.7 Å². The summed E-state index contributed by atoms with van der Waals surface area (Å²) in [5.41, 5.74) is 1.83. The van der Waals surface area contributed by atoms with Gasteiger partial charge in [-0.25, -0.2) is 8.78 Å². The smallest absolute Gasteiger partial charge is 0.310 e. The third-order valence-electron chi connectivity index (χ3n) is 4.18. The van der Waals surface area contributed by atoms with Crippen molar-refractivity contribution in [3.05, 3.63) is 71.4 Å². The molecule has 1 atom stereocenters. The Hall–Kier alpha value is -3.22. The summed E-state index contributed by atoms with van der Waals surface area (Å²) in [5.74, 6) is -2.56. The summed E-state index contributed by atoms with van der Waals surface area (Å²) < 4.78 is 31.7. The molecule has 2 aromatic carbocycles. The Morgan fingerprint density at radius 2 is 1.96 bits per heavy atom. The maximum atomic E-state index is 13.7. The Morgan fingerprint density at radius 3 is 2.74 bits per heavy atom. The van der Waals surface area contributed by atoms with Crippen molar-refractivity contribution in [1.82, 2.24) is 10.3 Å². The fraction of sp³-hybridized carbons (Fsp3) is 0.200. The summed E-state index contributed by atoms with van der Waals surface area (Å²) in [5, 5.41) is 3.43. The zero-order valence-electron chi connectivity index (χ0n) is 14.6. The van der Waals surface area contributed by atoms with E-state index in [9.17, 15) is 18.4 Å². The summed E-state index contributed by atoms with van der Waals surface area (Å²) in [7, 11) is 0. The molecule has 3 aromatic rings. The molecule has 5 nitrogen and oxygen atoms in total. The zero-order valence-corrected chi connectivity index (χ0v) is 14.6. The van der Waals surface area contributed by atoms with Crippen LogP contribution in [0.4, 0.5) is 8.78 Å². The molecule has 27 heavy (non-hydrogen) atoms. The first-order valence-corrected chi connectivity index (χ1v) is 8.39. The molecule has 3 rings (SSSR count). The van der Waals surface area contributed by atoms with Crippen molar-refractivity contribution in [2.24, 2.45) is 0 Å². The van der Waals surface area contributed by atoms with Crippen LogP contribution in [0.3, 0.4) is 0 Å². The molecule has 1 amide bonds. The number of para-hydroxylation sites is 1. The number of carbonyl (C=O) groups is 2. The molecule has 0 aliphatic rings. The van der Waals surface area contributed by atoms with Gasteiger partial charge in [-0.05, 0) is 24.6 Å². The third-order valence-corrected chi connectivity index (χ3v) is 4.18. The average molecular weight is 372 g/mol. The van der Waals surface area contributed by atoms with Gasteiger partial charge in [-0.2, -0.15) is 0 Å². The molecule has 1 aromatic heterocycles. The second kappa shape index (κ2) is 7.99. The van der Waals surface area contributed by atoms with E-state index in [1.165, 1.54) is 6.07 Å². The fourth-order valence-corrected chi connectivity index (χ4v) is 2.84. The number of carbonyl (C=O) groups excluding carboxylic acids is 2. The lowest BCUT2D eigenvalue weighted by atomic mass is 10.1. The van der Waals surface area contributed by atoms with E-state index < -0.39 is 36.2 Å². The van der Waals surface area contributed by atoms with Crippen LogP contribution in [0.2, 0.25) is 0 Å². The second-order valence-electron chi connectivity index (χ2n) is 6.15. The molecule has 140 valence electrons. The summed E-state index contributed by atoms with van der Waals surface area (Å²) in [6, 6.07) is 9.98. The average Bonchev–Trinajstić information content (AvgIpc) is 3.03. The van der Waals surface area contributed by atoms with Gasteiger partial charge in [0.2, 0.25) is 0 Å². The number of aromatic amines is 1. The maximum Gasteiger partial charge on any atom is 0.310 e. The lowest BCUT2D eigenvalue weighted by Gasteiger charge is -2.15. The minimum Gasteiger partial charge on any atom is -0.455 e. The van der Waals surface area contributed by atoms with E-state index in [2.05, 4.69) is 10.3 Å². The van der Waals surface area contributed by atoms with Crippen LogP contribution in [0.5, 0.6) is 0 Å². The Kier molecular flexibility index (Phi) is 5.49. The summed E-state index contributed by atoms with van der Waals surface area (Å²) >= 11 is 0. The van der Waals surface area contributed by atoms with Gasteiger partial charge in [-0.1, -0.05) is 24.3 Å². The standard InChI is InChI=1S/C20H18F2N2O3/c1-12(15-7-6-14(21)9-17(15)22)24-19(25)11-27-20(26)8-13-10-23-18-5-3-2-4-16(13)18/h2-7,9-10,12,23H,8,11H2,1H3,(H,24,25)/t12-/m1/s1. The minimum absolute atomic E-state index is 0.0272. The second-order valence-corrected chi connectivity index (χ2v) is 6.15. The lowest BCUT2D eigenvalue weighted by molar-refractivity contribution is -0.148. The summed E-state index contributed by atoms with van der Waals surface area (Å²) in [6.07, 6.45) is 1.75. The highest BCUT2D eigenvalue weighted by Crippen LogP contribution is 2.19. The van der Waals surface area contributed by atoms with Gasteiger partial charge < -0.3 is 15.0 Å². The van der Waals surface area contributed by atoms with Crippen molar-refractivity contribution in [3.8, 4) is 0 Å². The Bertz CT molecular complexity index is 984. The summed E-state index contributed by atoms with van der Waals surface area (Å²) in [6.45, 7) is 1.08. The monoisotopic (exact) mass is 372 g/mol. The van der Waals surface area contributed by atoms with Crippen LogP contribution in [0.15, 0.2) is 48.7 Å². The topological polar surface area (TPSA) is 71.2 Å². The predicted molar refractivity (Wildman–Crippen MR) is 95.9 cm³/mol. The van der Waals surface area contributed by atoms with Gasteiger partial charge >= 0.3 is 5.97 Å². The van der Waals surface area contributed by atoms with Gasteiger partial charge in [0.1, 0.15) is 11.6 Å². The van der Waals surface area contributed by atoms with Crippen molar-refractivity contribution < 1.29 is 23.1 Å². The van der Waals surface area contributed by atoms with Crippen LogP contribution in [0.25, 0.3) is 10.9 Å². The van der Waals surface area contributed by atoms with Gasteiger partial charge in [0.05, 0.1) is 12.5 Å².